The van der Waals surface area contributed by atoms with Crippen LogP contribution in [-0.2, 0) is 14.2 Å². The van der Waals surface area contributed by atoms with Crippen molar-refractivity contribution < 1.29 is 18.7 Å². The van der Waals surface area contributed by atoms with Crippen molar-refractivity contribution in [3.63, 3.8) is 0 Å². The highest BCUT2D eigenvalue weighted by atomic mass is 31.2. The molecule has 1 aliphatic heterocycles. The summed E-state index contributed by atoms with van der Waals surface area (Å²) in [6.45, 7) is 5.86. The third-order valence-electron chi connectivity index (χ3n) is 6.23. The minimum Gasteiger partial charge on any atom is -0.439 e. The number of carbonyl (C=O) groups is 2. The van der Waals surface area contributed by atoms with Gasteiger partial charge in [-0.05, 0) is 24.1 Å². The second-order valence-electron chi connectivity index (χ2n) is 9.11. The number of hydrogen-bond acceptors (Lipinski definition) is 4. The van der Waals surface area contributed by atoms with Crippen LogP contribution in [0.1, 0.15) is 65.7 Å². The molecule has 0 radical (unpaired) electrons. The van der Waals surface area contributed by atoms with E-state index < -0.39 is 13.3 Å². The summed E-state index contributed by atoms with van der Waals surface area (Å²) in [5, 5.41) is 0.649. The molecule has 0 saturated carbocycles. The molecule has 1 aliphatic rings. The van der Waals surface area contributed by atoms with Gasteiger partial charge < -0.3 is 4.52 Å². The maximum absolute atomic E-state index is 14.2. The molecule has 1 heterocycles. The van der Waals surface area contributed by atoms with Crippen LogP contribution >= 0.6 is 7.37 Å². The molecule has 0 aromatic heterocycles. The predicted octanol–water partition coefficient (Wildman–Crippen LogP) is 6.81. The zero-order valence-corrected chi connectivity index (χ0v) is 20.4. The molecule has 0 fully saturated rings. The smallest absolute Gasteiger partial charge is 0.278 e. The molecule has 0 N–H and O–H groups in total. The molecule has 0 saturated heterocycles. The minimum atomic E-state index is -3.35. The Morgan fingerprint density at radius 3 is 2.25 bits per heavy atom. The third-order valence-corrected chi connectivity index (χ3v) is 8.77. The van der Waals surface area contributed by atoms with Crippen LogP contribution in [0.25, 0.3) is 11.1 Å². The number of hydrogen-bond donors (Lipinski definition) is 0. The molecule has 2 aromatic rings. The Balaban J connectivity index is 1.85. The van der Waals surface area contributed by atoms with Crippen molar-refractivity contribution in [2.75, 3.05) is 6.16 Å². The van der Waals surface area contributed by atoms with Crippen LogP contribution in [0, 0.1) is 11.8 Å². The van der Waals surface area contributed by atoms with Crippen LogP contribution in [0.3, 0.4) is 0 Å². The van der Waals surface area contributed by atoms with Gasteiger partial charge in [-0.1, -0.05) is 82.9 Å². The van der Waals surface area contributed by atoms with Crippen molar-refractivity contribution in [3.8, 4) is 16.9 Å². The van der Waals surface area contributed by atoms with Gasteiger partial charge in [-0.25, -0.2) is 0 Å². The van der Waals surface area contributed by atoms with Gasteiger partial charge in [0.2, 0.25) is 0 Å². The Morgan fingerprint density at radius 1 is 0.875 bits per heavy atom. The molecule has 0 amide bonds. The number of carbonyl (C=O) groups excluding carboxylic acids is 2. The van der Waals surface area contributed by atoms with Crippen LogP contribution in [0.4, 0.5) is 0 Å². The monoisotopic (exact) mass is 454 g/mol. The summed E-state index contributed by atoms with van der Waals surface area (Å²) in [6, 6.07) is 15.1. The second kappa shape index (κ2) is 11.1. The molecule has 0 bridgehead atoms. The van der Waals surface area contributed by atoms with E-state index in [1.165, 1.54) is 6.42 Å². The maximum atomic E-state index is 14.2. The van der Waals surface area contributed by atoms with Crippen LogP contribution in [-0.4, -0.2) is 17.7 Å². The summed E-state index contributed by atoms with van der Waals surface area (Å²) in [6.07, 6.45) is 5.89. The molecule has 2 unspecified atom stereocenters. The largest absolute Gasteiger partial charge is 0.439 e. The molecule has 2 atom stereocenters. The Labute approximate surface area is 192 Å². The molecular weight excluding hydrogens is 419 g/mol. The van der Waals surface area contributed by atoms with Crippen LogP contribution in [0.2, 0.25) is 0 Å². The molecule has 0 aliphatic carbocycles. The topological polar surface area (TPSA) is 60.4 Å². The SMILES string of the molecule is CCCCCCCC(=O)C(CC(=O)C(C)C)CP1(=O)Oc2ccccc2-c2ccccc21. The van der Waals surface area contributed by atoms with Crippen molar-refractivity contribution in [1.29, 1.82) is 0 Å². The lowest BCUT2D eigenvalue weighted by Gasteiger charge is -2.30. The molecular formula is C27H35O4P. The fraction of sp³-hybridized carbons (Fsp3) is 0.481. The van der Waals surface area contributed by atoms with Gasteiger partial charge in [-0.2, -0.15) is 0 Å². The zero-order chi connectivity index (χ0) is 23.1. The number of unbranched alkanes of at least 4 members (excludes halogenated alkanes) is 4. The standard InChI is InChI=1S/C27H35O4P/c1-4-5-6-7-8-15-24(28)21(18-25(29)20(2)3)19-32(30)27-17-12-10-14-23(27)22-13-9-11-16-26(22)31-32/h9-14,16-17,20-21H,4-8,15,18-19H2,1-3H3. The van der Waals surface area contributed by atoms with E-state index in [9.17, 15) is 14.2 Å². The lowest BCUT2D eigenvalue weighted by atomic mass is 9.92. The quantitative estimate of drug-likeness (QED) is 0.261. The van der Waals surface area contributed by atoms with Gasteiger partial charge in [0.15, 0.2) is 0 Å². The van der Waals surface area contributed by atoms with Gasteiger partial charge in [-0.3, -0.25) is 14.2 Å². The van der Waals surface area contributed by atoms with E-state index in [2.05, 4.69) is 6.92 Å². The highest BCUT2D eigenvalue weighted by molar-refractivity contribution is 7.67. The van der Waals surface area contributed by atoms with Gasteiger partial charge in [0, 0.05) is 36.4 Å². The maximum Gasteiger partial charge on any atom is 0.278 e. The Bertz CT molecular complexity index is 995. The van der Waals surface area contributed by atoms with E-state index in [0.717, 1.165) is 36.8 Å². The van der Waals surface area contributed by atoms with Crippen LogP contribution < -0.4 is 9.83 Å². The van der Waals surface area contributed by atoms with Gasteiger partial charge >= 0.3 is 0 Å². The Kier molecular flexibility index (Phi) is 8.48. The number of ketones is 2. The number of Topliss-reactive ketones (excluding diaryl/α,β-unsaturated/α-hetero) is 2. The first-order chi connectivity index (χ1) is 15.4. The normalized spacial score (nSPS) is 17.9. The highest BCUT2D eigenvalue weighted by Crippen LogP contribution is 2.55. The molecule has 3 rings (SSSR count). The molecule has 172 valence electrons. The summed E-state index contributed by atoms with van der Waals surface area (Å²) < 4.78 is 20.3. The lowest BCUT2D eigenvalue weighted by molar-refractivity contribution is -0.128. The predicted molar refractivity (Wildman–Crippen MR) is 131 cm³/mol. The molecule has 5 heteroatoms. The average molecular weight is 455 g/mol. The van der Waals surface area contributed by atoms with Gasteiger partial charge in [0.05, 0.1) is 5.30 Å². The van der Waals surface area contributed by atoms with Crippen LogP contribution in [0.15, 0.2) is 48.5 Å². The van der Waals surface area contributed by atoms with Crippen LogP contribution in [0.5, 0.6) is 5.75 Å². The number of rotatable bonds is 12. The molecule has 32 heavy (non-hydrogen) atoms. The summed E-state index contributed by atoms with van der Waals surface area (Å²) >= 11 is 0. The number of para-hydroxylation sites is 1. The molecule has 0 spiro atoms. The summed E-state index contributed by atoms with van der Waals surface area (Å²) in [5.74, 6) is -0.0934. The molecule has 4 nitrogen and oxygen atoms in total. The molecule has 2 aromatic carbocycles. The van der Waals surface area contributed by atoms with Crippen molar-refractivity contribution in [2.45, 2.75) is 65.7 Å². The first-order valence-corrected chi connectivity index (χ1v) is 13.7. The number of benzene rings is 2. The first-order valence-electron chi connectivity index (χ1n) is 11.9. The third kappa shape index (κ3) is 5.78. The van der Waals surface area contributed by atoms with E-state index in [0.29, 0.717) is 17.5 Å². The summed E-state index contributed by atoms with van der Waals surface area (Å²) in [5.41, 5.74) is 1.80. The van der Waals surface area contributed by atoms with E-state index in [1.54, 1.807) is 0 Å². The lowest BCUT2D eigenvalue weighted by Crippen LogP contribution is -2.29. The fourth-order valence-corrected chi connectivity index (χ4v) is 6.90. The minimum absolute atomic E-state index is 0.0330. The van der Waals surface area contributed by atoms with Gasteiger partial charge in [0.1, 0.15) is 17.3 Å². The van der Waals surface area contributed by atoms with Crippen molar-refractivity contribution >= 4 is 24.2 Å². The summed E-state index contributed by atoms with van der Waals surface area (Å²) in [7, 11) is -3.35. The highest BCUT2D eigenvalue weighted by Gasteiger charge is 2.40. The average Bonchev–Trinajstić information content (AvgIpc) is 2.78. The Morgan fingerprint density at radius 2 is 1.53 bits per heavy atom. The first kappa shape index (κ1) is 24.5. The zero-order valence-electron chi connectivity index (χ0n) is 19.5. The Hall–Kier alpha value is -2.19. The van der Waals surface area contributed by atoms with E-state index in [4.69, 9.17) is 4.52 Å². The summed E-state index contributed by atoms with van der Waals surface area (Å²) in [4.78, 5) is 25.8. The van der Waals surface area contributed by atoms with Crippen molar-refractivity contribution in [3.05, 3.63) is 48.5 Å². The second-order valence-corrected chi connectivity index (χ2v) is 11.5. The van der Waals surface area contributed by atoms with E-state index in [-0.39, 0.29) is 30.1 Å². The van der Waals surface area contributed by atoms with Gasteiger partial charge in [0.25, 0.3) is 7.37 Å². The van der Waals surface area contributed by atoms with Crippen molar-refractivity contribution in [2.24, 2.45) is 11.8 Å². The fourth-order valence-electron chi connectivity index (χ4n) is 4.27. The van der Waals surface area contributed by atoms with Gasteiger partial charge in [-0.15, -0.1) is 0 Å². The van der Waals surface area contributed by atoms with E-state index in [1.807, 2.05) is 62.4 Å². The number of fused-ring (bicyclic) bond motifs is 3. The van der Waals surface area contributed by atoms with E-state index >= 15 is 0 Å². The van der Waals surface area contributed by atoms with Crippen molar-refractivity contribution in [1.82, 2.24) is 0 Å².